The number of aromatic nitrogens is 2. The average Bonchev–Trinajstić information content (AvgIpc) is 2.84. The summed E-state index contributed by atoms with van der Waals surface area (Å²) < 4.78 is 13.8. The van der Waals surface area contributed by atoms with Crippen molar-refractivity contribution in [1.82, 2.24) is 9.97 Å². The summed E-state index contributed by atoms with van der Waals surface area (Å²) >= 11 is 4.57. The molecule has 0 saturated carbocycles. The summed E-state index contributed by atoms with van der Waals surface area (Å²) in [6.07, 6.45) is 0. The lowest BCUT2D eigenvalue weighted by Gasteiger charge is -2.04. The number of nitrogen functional groups attached to an aromatic ring is 1. The van der Waals surface area contributed by atoms with Gasteiger partial charge in [-0.15, -0.1) is 0 Å². The fourth-order valence-corrected chi connectivity index (χ4v) is 3.23. The van der Waals surface area contributed by atoms with E-state index < -0.39 is 0 Å². The number of benzene rings is 1. The van der Waals surface area contributed by atoms with Gasteiger partial charge in [0, 0.05) is 5.69 Å². The molecule has 0 aliphatic rings. The molecule has 1 aromatic carbocycles. The monoisotopic (exact) mass is 363 g/mol. The standard InChI is InChI=1S/C15H11BrFN3S/c1-8-3-2-4-12(19-8)13-14(21-15(18)20-13)9-5-6-11(17)10(16)7-9/h2-7H,1H3,(H2,18,20). The van der Waals surface area contributed by atoms with Gasteiger partial charge in [0.25, 0.3) is 0 Å². The zero-order chi connectivity index (χ0) is 15.0. The van der Waals surface area contributed by atoms with E-state index in [1.54, 1.807) is 12.1 Å². The van der Waals surface area contributed by atoms with Crippen molar-refractivity contribution in [1.29, 1.82) is 0 Å². The third-order valence-corrected chi connectivity index (χ3v) is 4.50. The number of hydrogen-bond donors (Lipinski definition) is 1. The van der Waals surface area contributed by atoms with Crippen LogP contribution in [-0.2, 0) is 0 Å². The molecule has 0 amide bonds. The van der Waals surface area contributed by atoms with Crippen LogP contribution in [0.3, 0.4) is 0 Å². The number of halogens is 2. The zero-order valence-corrected chi connectivity index (χ0v) is 13.5. The fourth-order valence-electron chi connectivity index (χ4n) is 2.02. The van der Waals surface area contributed by atoms with Crippen molar-refractivity contribution >= 4 is 32.4 Å². The van der Waals surface area contributed by atoms with Crippen LogP contribution in [-0.4, -0.2) is 9.97 Å². The van der Waals surface area contributed by atoms with E-state index in [9.17, 15) is 4.39 Å². The zero-order valence-electron chi connectivity index (χ0n) is 11.1. The van der Waals surface area contributed by atoms with Crippen molar-refractivity contribution in [3.05, 3.63) is 52.4 Å². The van der Waals surface area contributed by atoms with Crippen molar-refractivity contribution in [2.24, 2.45) is 0 Å². The molecule has 3 nitrogen and oxygen atoms in total. The van der Waals surface area contributed by atoms with E-state index in [1.807, 2.05) is 25.1 Å². The molecule has 3 aromatic rings. The van der Waals surface area contributed by atoms with Gasteiger partial charge in [0.15, 0.2) is 5.13 Å². The predicted molar refractivity (Wildman–Crippen MR) is 87.6 cm³/mol. The van der Waals surface area contributed by atoms with E-state index in [-0.39, 0.29) is 5.82 Å². The first kappa shape index (κ1) is 14.2. The van der Waals surface area contributed by atoms with E-state index in [0.29, 0.717) is 9.60 Å². The predicted octanol–water partition coefficient (Wildman–Crippen LogP) is 4.66. The Morgan fingerprint density at radius 3 is 2.71 bits per heavy atom. The number of rotatable bonds is 2. The van der Waals surface area contributed by atoms with Crippen LogP contribution in [0.1, 0.15) is 5.69 Å². The van der Waals surface area contributed by atoms with Crippen LogP contribution in [0, 0.1) is 12.7 Å². The molecule has 0 aliphatic carbocycles. The number of pyridine rings is 1. The molecule has 0 aliphatic heterocycles. The molecule has 3 rings (SSSR count). The average molecular weight is 364 g/mol. The second-order valence-corrected chi connectivity index (χ2v) is 6.41. The Hall–Kier alpha value is -1.79. The van der Waals surface area contributed by atoms with Gasteiger partial charge in [-0.2, -0.15) is 0 Å². The lowest BCUT2D eigenvalue weighted by atomic mass is 10.1. The van der Waals surface area contributed by atoms with Gasteiger partial charge in [0.1, 0.15) is 11.5 Å². The molecule has 0 atom stereocenters. The first-order valence-electron chi connectivity index (χ1n) is 6.20. The van der Waals surface area contributed by atoms with Gasteiger partial charge >= 0.3 is 0 Å². The lowest BCUT2D eigenvalue weighted by Crippen LogP contribution is -1.90. The SMILES string of the molecule is Cc1cccc(-c2nc(N)sc2-c2ccc(F)c(Br)c2)n1. The van der Waals surface area contributed by atoms with Crippen LogP contribution in [0.2, 0.25) is 0 Å². The summed E-state index contributed by atoms with van der Waals surface area (Å²) in [4.78, 5) is 9.74. The second kappa shape index (κ2) is 5.54. The van der Waals surface area contributed by atoms with E-state index in [0.717, 1.165) is 27.5 Å². The fraction of sp³-hybridized carbons (Fsp3) is 0.0667. The maximum Gasteiger partial charge on any atom is 0.181 e. The summed E-state index contributed by atoms with van der Waals surface area (Å²) in [7, 11) is 0. The van der Waals surface area contributed by atoms with Crippen LogP contribution < -0.4 is 5.73 Å². The smallest absolute Gasteiger partial charge is 0.181 e. The molecule has 106 valence electrons. The largest absolute Gasteiger partial charge is 0.375 e. The maximum atomic E-state index is 13.4. The van der Waals surface area contributed by atoms with Gasteiger partial charge in [-0.3, -0.25) is 4.98 Å². The van der Waals surface area contributed by atoms with E-state index >= 15 is 0 Å². The Balaban J connectivity index is 2.17. The Bertz CT molecular complexity index is 816. The quantitative estimate of drug-likeness (QED) is 0.719. The molecule has 21 heavy (non-hydrogen) atoms. The second-order valence-electron chi connectivity index (χ2n) is 4.52. The highest BCUT2D eigenvalue weighted by Crippen LogP contribution is 2.38. The van der Waals surface area contributed by atoms with E-state index in [2.05, 4.69) is 25.9 Å². The number of nitrogens with zero attached hydrogens (tertiary/aromatic N) is 2. The Morgan fingerprint density at radius 2 is 2.00 bits per heavy atom. The van der Waals surface area contributed by atoms with Gasteiger partial charge in [-0.25, -0.2) is 9.37 Å². The highest BCUT2D eigenvalue weighted by molar-refractivity contribution is 9.10. The molecule has 2 aromatic heterocycles. The summed E-state index contributed by atoms with van der Waals surface area (Å²) in [6.45, 7) is 1.92. The molecule has 2 N–H and O–H groups in total. The maximum absolute atomic E-state index is 13.4. The van der Waals surface area contributed by atoms with Crippen LogP contribution >= 0.6 is 27.3 Å². The van der Waals surface area contributed by atoms with Gasteiger partial charge in [-0.1, -0.05) is 23.5 Å². The number of aryl methyl sites for hydroxylation is 1. The molecule has 0 spiro atoms. The number of nitrogens with two attached hydrogens (primary N) is 1. The minimum atomic E-state index is -0.300. The first-order chi connectivity index (χ1) is 10.0. The van der Waals surface area contributed by atoms with Crippen LogP contribution in [0.5, 0.6) is 0 Å². The topological polar surface area (TPSA) is 51.8 Å². The molecule has 0 fully saturated rings. The molecule has 6 heteroatoms. The third kappa shape index (κ3) is 2.82. The first-order valence-corrected chi connectivity index (χ1v) is 7.81. The number of thiazole rings is 1. The minimum Gasteiger partial charge on any atom is -0.375 e. The Morgan fingerprint density at radius 1 is 1.19 bits per heavy atom. The molecule has 2 heterocycles. The molecule has 0 bridgehead atoms. The number of anilines is 1. The van der Waals surface area contributed by atoms with Crippen molar-refractivity contribution in [2.75, 3.05) is 5.73 Å². The van der Waals surface area contributed by atoms with Crippen molar-refractivity contribution < 1.29 is 4.39 Å². The third-order valence-electron chi connectivity index (χ3n) is 2.96. The van der Waals surface area contributed by atoms with E-state index in [4.69, 9.17) is 5.73 Å². The van der Waals surface area contributed by atoms with Gasteiger partial charge in [-0.05, 0) is 52.7 Å². The van der Waals surface area contributed by atoms with Crippen molar-refractivity contribution in [3.8, 4) is 21.8 Å². The normalized spacial score (nSPS) is 10.8. The Labute approximate surface area is 133 Å². The van der Waals surface area contributed by atoms with Gasteiger partial charge in [0.2, 0.25) is 0 Å². The highest BCUT2D eigenvalue weighted by atomic mass is 79.9. The van der Waals surface area contributed by atoms with Gasteiger partial charge < -0.3 is 5.73 Å². The summed E-state index contributed by atoms with van der Waals surface area (Å²) in [6, 6.07) is 10.6. The Kier molecular flexibility index (Phi) is 3.73. The summed E-state index contributed by atoms with van der Waals surface area (Å²) in [5.74, 6) is -0.300. The summed E-state index contributed by atoms with van der Waals surface area (Å²) in [5, 5.41) is 0.462. The molecule has 0 unspecified atom stereocenters. The summed E-state index contributed by atoms with van der Waals surface area (Å²) in [5.41, 5.74) is 9.10. The van der Waals surface area contributed by atoms with Crippen LogP contribution in [0.15, 0.2) is 40.9 Å². The minimum absolute atomic E-state index is 0.300. The van der Waals surface area contributed by atoms with Crippen LogP contribution in [0.4, 0.5) is 9.52 Å². The lowest BCUT2D eigenvalue weighted by molar-refractivity contribution is 0.621. The molecule has 0 radical (unpaired) electrons. The number of hydrogen-bond acceptors (Lipinski definition) is 4. The molecule has 0 saturated heterocycles. The molecular weight excluding hydrogens is 353 g/mol. The molecular formula is C15H11BrFN3S. The van der Waals surface area contributed by atoms with E-state index in [1.165, 1.54) is 17.4 Å². The van der Waals surface area contributed by atoms with Crippen molar-refractivity contribution in [3.63, 3.8) is 0 Å². The highest BCUT2D eigenvalue weighted by Gasteiger charge is 2.16. The van der Waals surface area contributed by atoms with Crippen LogP contribution in [0.25, 0.3) is 21.8 Å². The van der Waals surface area contributed by atoms with Crippen molar-refractivity contribution in [2.45, 2.75) is 6.92 Å². The van der Waals surface area contributed by atoms with Gasteiger partial charge in [0.05, 0.1) is 15.0 Å².